The first-order valence-corrected chi connectivity index (χ1v) is 3.67. The standard InChI is InChI=1S/C6H9F3N2O2/c7-6(8,9)13-4-1-2-11(3-4)5(10)12/h4H,1-3H2,(H2,10,12). The van der Waals surface area contributed by atoms with Crippen molar-refractivity contribution in [2.75, 3.05) is 13.1 Å². The third kappa shape index (κ3) is 3.10. The Kier molecular flexibility index (Phi) is 2.65. The summed E-state index contributed by atoms with van der Waals surface area (Å²) >= 11 is 0. The summed E-state index contributed by atoms with van der Waals surface area (Å²) in [7, 11) is 0. The van der Waals surface area contributed by atoms with E-state index in [9.17, 15) is 18.0 Å². The van der Waals surface area contributed by atoms with Crippen molar-refractivity contribution in [2.45, 2.75) is 18.9 Å². The Morgan fingerprint density at radius 2 is 2.15 bits per heavy atom. The third-order valence-corrected chi connectivity index (χ3v) is 1.76. The molecule has 1 aliphatic heterocycles. The first-order chi connectivity index (χ1) is 5.88. The van der Waals surface area contributed by atoms with E-state index in [-0.39, 0.29) is 19.5 Å². The van der Waals surface area contributed by atoms with Gasteiger partial charge in [-0.05, 0) is 6.42 Å². The quantitative estimate of drug-likeness (QED) is 0.673. The normalized spacial score (nSPS) is 23.6. The third-order valence-electron chi connectivity index (χ3n) is 1.76. The summed E-state index contributed by atoms with van der Waals surface area (Å²) in [5, 5.41) is 0. The minimum Gasteiger partial charge on any atom is -0.351 e. The van der Waals surface area contributed by atoms with Crippen LogP contribution in [0.1, 0.15) is 6.42 Å². The lowest BCUT2D eigenvalue weighted by Gasteiger charge is -2.15. The molecule has 1 aliphatic rings. The van der Waals surface area contributed by atoms with Crippen molar-refractivity contribution in [1.82, 2.24) is 4.90 Å². The first kappa shape index (κ1) is 10.1. The van der Waals surface area contributed by atoms with Gasteiger partial charge in [0.2, 0.25) is 0 Å². The van der Waals surface area contributed by atoms with Crippen LogP contribution in [0.3, 0.4) is 0 Å². The van der Waals surface area contributed by atoms with Crippen LogP contribution in [-0.4, -0.2) is 36.5 Å². The van der Waals surface area contributed by atoms with Crippen LogP contribution in [-0.2, 0) is 4.74 Å². The number of primary amides is 1. The second kappa shape index (κ2) is 3.41. The topological polar surface area (TPSA) is 55.6 Å². The lowest BCUT2D eigenvalue weighted by atomic mass is 10.3. The molecule has 4 nitrogen and oxygen atoms in total. The van der Waals surface area contributed by atoms with Crippen LogP contribution < -0.4 is 5.73 Å². The van der Waals surface area contributed by atoms with Crippen molar-refractivity contribution in [3.8, 4) is 0 Å². The highest BCUT2D eigenvalue weighted by Gasteiger charge is 2.37. The number of nitrogens with two attached hydrogens (primary N) is 1. The van der Waals surface area contributed by atoms with E-state index in [1.807, 2.05) is 0 Å². The lowest BCUT2D eigenvalue weighted by Crippen LogP contribution is -2.35. The Morgan fingerprint density at radius 1 is 1.54 bits per heavy atom. The molecular formula is C6H9F3N2O2. The Morgan fingerprint density at radius 3 is 2.54 bits per heavy atom. The second-order valence-electron chi connectivity index (χ2n) is 2.76. The molecule has 1 rings (SSSR count). The Balaban J connectivity index is 2.38. The van der Waals surface area contributed by atoms with Gasteiger partial charge >= 0.3 is 12.4 Å². The summed E-state index contributed by atoms with van der Waals surface area (Å²) in [5.41, 5.74) is 4.87. The molecule has 2 N–H and O–H groups in total. The maximum Gasteiger partial charge on any atom is 0.522 e. The largest absolute Gasteiger partial charge is 0.522 e. The number of nitrogens with zero attached hydrogens (tertiary/aromatic N) is 1. The van der Waals surface area contributed by atoms with Crippen LogP contribution in [0.15, 0.2) is 0 Å². The van der Waals surface area contributed by atoms with E-state index >= 15 is 0 Å². The van der Waals surface area contributed by atoms with Gasteiger partial charge in [-0.15, -0.1) is 13.2 Å². The van der Waals surface area contributed by atoms with E-state index in [1.54, 1.807) is 0 Å². The predicted octanol–water partition coefficient (Wildman–Crippen LogP) is 0.676. The Labute approximate surface area is 72.4 Å². The summed E-state index contributed by atoms with van der Waals surface area (Å²) < 4.78 is 38.8. The number of halogens is 3. The molecule has 1 fully saturated rings. The van der Waals surface area contributed by atoms with Gasteiger partial charge in [0.05, 0.1) is 6.10 Å². The monoisotopic (exact) mass is 198 g/mol. The molecule has 0 bridgehead atoms. The zero-order valence-electron chi connectivity index (χ0n) is 6.67. The highest BCUT2D eigenvalue weighted by atomic mass is 19.4. The zero-order chi connectivity index (χ0) is 10.1. The molecule has 1 unspecified atom stereocenters. The summed E-state index contributed by atoms with van der Waals surface area (Å²) in [6, 6.07) is -0.715. The van der Waals surface area contributed by atoms with Gasteiger partial charge < -0.3 is 10.6 Å². The van der Waals surface area contributed by atoms with Crippen LogP contribution in [0.25, 0.3) is 0 Å². The summed E-state index contributed by atoms with van der Waals surface area (Å²) in [5.74, 6) is 0. The highest BCUT2D eigenvalue weighted by Crippen LogP contribution is 2.23. The van der Waals surface area contributed by atoms with E-state index in [4.69, 9.17) is 5.73 Å². The van der Waals surface area contributed by atoms with Crippen molar-refractivity contribution in [3.05, 3.63) is 0 Å². The van der Waals surface area contributed by atoms with Crippen LogP contribution in [0.5, 0.6) is 0 Å². The van der Waals surface area contributed by atoms with Gasteiger partial charge in [-0.3, -0.25) is 4.74 Å². The zero-order valence-corrected chi connectivity index (χ0v) is 6.67. The fourth-order valence-electron chi connectivity index (χ4n) is 1.21. The van der Waals surface area contributed by atoms with Gasteiger partial charge in [-0.2, -0.15) is 0 Å². The highest BCUT2D eigenvalue weighted by molar-refractivity contribution is 5.72. The Bertz CT molecular complexity index is 207. The SMILES string of the molecule is NC(=O)N1CCC(OC(F)(F)F)C1. The molecule has 0 aromatic carbocycles. The molecule has 0 aliphatic carbocycles. The number of alkyl halides is 3. The van der Waals surface area contributed by atoms with Gasteiger partial charge in [-0.1, -0.05) is 0 Å². The molecule has 0 aromatic heterocycles. The molecule has 7 heteroatoms. The van der Waals surface area contributed by atoms with Gasteiger partial charge in [-0.25, -0.2) is 4.79 Å². The smallest absolute Gasteiger partial charge is 0.351 e. The van der Waals surface area contributed by atoms with E-state index < -0.39 is 18.5 Å². The van der Waals surface area contributed by atoms with E-state index in [2.05, 4.69) is 4.74 Å². The van der Waals surface area contributed by atoms with Gasteiger partial charge in [0.25, 0.3) is 0 Å². The van der Waals surface area contributed by atoms with Gasteiger partial charge in [0.1, 0.15) is 0 Å². The van der Waals surface area contributed by atoms with Crippen LogP contribution in [0.2, 0.25) is 0 Å². The number of amides is 2. The van der Waals surface area contributed by atoms with Crippen LogP contribution in [0, 0.1) is 0 Å². The molecule has 0 saturated carbocycles. The number of hydrogen-bond donors (Lipinski definition) is 1. The molecule has 1 saturated heterocycles. The molecule has 1 heterocycles. The fourth-order valence-corrected chi connectivity index (χ4v) is 1.21. The summed E-state index contributed by atoms with van der Waals surface area (Å²) in [6.07, 6.45) is -5.45. The summed E-state index contributed by atoms with van der Waals surface area (Å²) in [4.78, 5) is 11.6. The Hall–Kier alpha value is -0.980. The molecule has 76 valence electrons. The van der Waals surface area contributed by atoms with E-state index in [0.717, 1.165) is 4.90 Å². The van der Waals surface area contributed by atoms with Crippen molar-refractivity contribution in [1.29, 1.82) is 0 Å². The average Bonchev–Trinajstić information content (AvgIpc) is 2.31. The molecule has 1 atom stereocenters. The minimum atomic E-state index is -4.64. The number of carbonyl (C=O) groups excluding carboxylic acids is 1. The maximum absolute atomic E-state index is 11.7. The van der Waals surface area contributed by atoms with Crippen molar-refractivity contribution in [2.24, 2.45) is 5.73 Å². The van der Waals surface area contributed by atoms with Crippen molar-refractivity contribution in [3.63, 3.8) is 0 Å². The van der Waals surface area contributed by atoms with Gasteiger partial charge in [0.15, 0.2) is 0 Å². The van der Waals surface area contributed by atoms with Crippen molar-refractivity contribution < 1.29 is 22.7 Å². The number of urea groups is 1. The molecule has 2 amide bonds. The number of hydrogen-bond acceptors (Lipinski definition) is 2. The molecule has 13 heavy (non-hydrogen) atoms. The number of rotatable bonds is 1. The van der Waals surface area contributed by atoms with Crippen LogP contribution >= 0.6 is 0 Å². The van der Waals surface area contributed by atoms with Crippen molar-refractivity contribution >= 4 is 6.03 Å². The average molecular weight is 198 g/mol. The number of carbonyl (C=O) groups is 1. The van der Waals surface area contributed by atoms with E-state index in [0.29, 0.717) is 0 Å². The lowest BCUT2D eigenvalue weighted by molar-refractivity contribution is -0.340. The van der Waals surface area contributed by atoms with E-state index in [1.165, 1.54) is 0 Å². The fraction of sp³-hybridized carbons (Fsp3) is 0.833. The van der Waals surface area contributed by atoms with Gasteiger partial charge in [0, 0.05) is 13.1 Å². The number of ether oxygens (including phenoxy) is 1. The maximum atomic E-state index is 11.7. The second-order valence-corrected chi connectivity index (χ2v) is 2.76. The molecular weight excluding hydrogens is 189 g/mol. The first-order valence-electron chi connectivity index (χ1n) is 3.67. The molecule has 0 radical (unpaired) electrons. The predicted molar refractivity (Wildman–Crippen MR) is 36.7 cm³/mol. The van der Waals surface area contributed by atoms with Crippen LogP contribution in [0.4, 0.5) is 18.0 Å². The minimum absolute atomic E-state index is 0.0884. The number of likely N-dealkylation sites (tertiary alicyclic amines) is 1. The summed E-state index contributed by atoms with van der Waals surface area (Å²) in [6.45, 7) is 0.130. The molecule has 0 aromatic rings. The molecule has 0 spiro atoms.